The van der Waals surface area contributed by atoms with Gasteiger partial charge in [-0.1, -0.05) is 91.8 Å². The molecule has 0 heterocycles. The van der Waals surface area contributed by atoms with E-state index in [1.54, 1.807) is 0 Å². The standard InChI is InChI=1S/C14H28INO3.C14H28N2O2.2C2H6/c1-12(2,3)9-14(6,15)11(18)16-7-8-19-13(4,5)10-17;1-11(17)12(15)7-5-6-10-16-13(18)8-9-14(2,3)4;2*1-2/h17H,7-10H2,1-6H3,(H,16,18);12H,5-10,15H2,1-4H3,(H,16,18);2*1-2H3/t;12-;;/m.0../s1. The highest BCUT2D eigenvalue weighted by atomic mass is 127. The van der Waals surface area contributed by atoms with Crippen molar-refractivity contribution in [2.24, 2.45) is 16.6 Å². The smallest absolute Gasteiger partial charge is 0.235 e. The number of ether oxygens (including phenoxy) is 1. The number of Topliss-reactive ketones (excluding diaryl/α,β-unsaturated/α-hetero) is 1. The Balaban J connectivity index is -0.000000298. The van der Waals surface area contributed by atoms with Gasteiger partial charge >= 0.3 is 0 Å². The van der Waals surface area contributed by atoms with Crippen LogP contribution in [0.25, 0.3) is 0 Å². The predicted molar refractivity (Wildman–Crippen MR) is 184 cm³/mol. The lowest BCUT2D eigenvalue weighted by Crippen LogP contribution is -2.44. The highest BCUT2D eigenvalue weighted by Gasteiger charge is 2.34. The molecule has 0 saturated carbocycles. The first kappa shape index (κ1) is 47.2. The molecule has 8 nitrogen and oxygen atoms in total. The molecule has 0 aromatic heterocycles. The average Bonchev–Trinajstić information content (AvgIpc) is 2.85. The van der Waals surface area contributed by atoms with Gasteiger partial charge in [-0.15, -0.1) is 0 Å². The Labute approximate surface area is 267 Å². The fourth-order valence-electron chi connectivity index (χ4n) is 3.30. The Hall–Kier alpha value is -0.780. The zero-order valence-electron chi connectivity index (χ0n) is 29.2. The number of aliphatic hydroxyl groups is 1. The van der Waals surface area contributed by atoms with Crippen LogP contribution < -0.4 is 16.4 Å². The highest BCUT2D eigenvalue weighted by molar-refractivity contribution is 14.1. The molecule has 41 heavy (non-hydrogen) atoms. The molecule has 1 unspecified atom stereocenters. The molecule has 5 N–H and O–H groups in total. The summed E-state index contributed by atoms with van der Waals surface area (Å²) in [4.78, 5) is 34.5. The van der Waals surface area contributed by atoms with Crippen LogP contribution in [0.1, 0.15) is 135 Å². The van der Waals surface area contributed by atoms with Crippen molar-refractivity contribution in [2.75, 3.05) is 26.3 Å². The van der Waals surface area contributed by atoms with E-state index in [1.807, 2.05) is 48.5 Å². The fourth-order valence-corrected chi connectivity index (χ4v) is 4.63. The molecular formula is C32H68IN3O5. The molecule has 0 radical (unpaired) electrons. The van der Waals surface area contributed by atoms with Gasteiger partial charge in [0.05, 0.1) is 28.3 Å². The van der Waals surface area contributed by atoms with Crippen LogP contribution in [-0.4, -0.2) is 64.1 Å². The third-order valence-electron chi connectivity index (χ3n) is 5.49. The number of carbonyl (C=O) groups excluding carboxylic acids is 3. The van der Waals surface area contributed by atoms with Crippen LogP contribution >= 0.6 is 22.6 Å². The van der Waals surface area contributed by atoms with Crippen molar-refractivity contribution in [1.82, 2.24) is 10.6 Å². The molecule has 248 valence electrons. The molecular weight excluding hydrogens is 633 g/mol. The predicted octanol–water partition coefficient (Wildman–Crippen LogP) is 6.59. The number of hydrogen-bond donors (Lipinski definition) is 4. The van der Waals surface area contributed by atoms with E-state index in [-0.39, 0.29) is 41.1 Å². The lowest BCUT2D eigenvalue weighted by Gasteiger charge is -2.30. The molecule has 9 heteroatoms. The van der Waals surface area contributed by atoms with Gasteiger partial charge in [0, 0.05) is 19.5 Å². The van der Waals surface area contributed by atoms with Crippen LogP contribution in [0.3, 0.4) is 0 Å². The first-order valence-electron chi connectivity index (χ1n) is 15.4. The molecule has 0 aromatic carbocycles. The van der Waals surface area contributed by atoms with Crippen LogP contribution in [0.5, 0.6) is 0 Å². The van der Waals surface area contributed by atoms with E-state index in [1.165, 1.54) is 6.92 Å². The molecule has 0 aliphatic heterocycles. The van der Waals surface area contributed by atoms with Gasteiger partial charge in [-0.05, 0) is 70.6 Å². The molecule has 0 aromatic rings. The number of nitrogens with one attached hydrogen (secondary N) is 2. The number of amides is 2. The molecule has 0 rings (SSSR count). The minimum atomic E-state index is -0.552. The minimum absolute atomic E-state index is 0.0317. The second-order valence-corrected chi connectivity index (χ2v) is 15.5. The van der Waals surface area contributed by atoms with Gasteiger partial charge in [0.1, 0.15) is 5.78 Å². The molecule has 0 spiro atoms. The maximum absolute atomic E-state index is 12.1. The van der Waals surface area contributed by atoms with Crippen molar-refractivity contribution < 1.29 is 24.2 Å². The number of hydrogen-bond acceptors (Lipinski definition) is 6. The molecule has 0 aliphatic carbocycles. The Kier molecular flexibility index (Phi) is 28.3. The molecule has 0 aliphatic rings. The molecule has 0 fully saturated rings. The van der Waals surface area contributed by atoms with Crippen LogP contribution in [0.4, 0.5) is 0 Å². The zero-order chi connectivity index (χ0) is 33.5. The fraction of sp³-hybridized carbons (Fsp3) is 0.906. The van der Waals surface area contributed by atoms with Gasteiger partial charge in [0.15, 0.2) is 0 Å². The summed E-state index contributed by atoms with van der Waals surface area (Å²) in [6.07, 6.45) is 4.75. The summed E-state index contributed by atoms with van der Waals surface area (Å²) in [5.41, 5.74) is 5.38. The van der Waals surface area contributed by atoms with E-state index < -0.39 is 9.02 Å². The summed E-state index contributed by atoms with van der Waals surface area (Å²) >= 11 is 2.21. The molecule has 0 bridgehead atoms. The number of carbonyl (C=O) groups is 3. The summed E-state index contributed by atoms with van der Waals surface area (Å²) in [5.74, 6) is 0.179. The van der Waals surface area contributed by atoms with Gasteiger partial charge in [-0.2, -0.15) is 0 Å². The number of ketones is 1. The molecule has 2 atom stereocenters. The summed E-state index contributed by atoms with van der Waals surface area (Å²) in [7, 11) is 0. The van der Waals surface area contributed by atoms with E-state index in [2.05, 4.69) is 74.8 Å². The lowest BCUT2D eigenvalue weighted by atomic mass is 9.85. The number of alkyl halides is 1. The molecule has 2 amide bonds. The minimum Gasteiger partial charge on any atom is -0.393 e. The third kappa shape index (κ3) is 33.6. The van der Waals surface area contributed by atoms with E-state index in [4.69, 9.17) is 15.6 Å². The second-order valence-electron chi connectivity index (χ2n) is 13.1. The van der Waals surface area contributed by atoms with Crippen molar-refractivity contribution in [2.45, 2.75) is 151 Å². The Morgan fingerprint density at radius 2 is 1.37 bits per heavy atom. The number of rotatable bonds is 15. The van der Waals surface area contributed by atoms with Crippen LogP contribution in [0.15, 0.2) is 0 Å². The number of aliphatic hydroxyl groups excluding tert-OH is 1. The topological polar surface area (TPSA) is 131 Å². The van der Waals surface area contributed by atoms with E-state index >= 15 is 0 Å². The van der Waals surface area contributed by atoms with Crippen molar-refractivity contribution in [3.05, 3.63) is 0 Å². The maximum Gasteiger partial charge on any atom is 0.235 e. The average molecular weight is 702 g/mol. The molecule has 0 saturated heterocycles. The highest BCUT2D eigenvalue weighted by Crippen LogP contribution is 2.33. The zero-order valence-corrected chi connectivity index (χ0v) is 31.3. The quantitative estimate of drug-likeness (QED) is 0.0867. The summed E-state index contributed by atoms with van der Waals surface area (Å²) in [6, 6.07) is -0.346. The van der Waals surface area contributed by atoms with Crippen molar-refractivity contribution in [3.8, 4) is 0 Å². The third-order valence-corrected chi connectivity index (χ3v) is 6.36. The number of nitrogens with two attached hydrogens (primary N) is 1. The summed E-state index contributed by atoms with van der Waals surface area (Å²) in [5, 5.41) is 14.8. The van der Waals surface area contributed by atoms with Gasteiger partial charge in [0.25, 0.3) is 0 Å². The SMILES string of the molecule is CC.CC.CC(=O)[C@@H](N)CCCCNC(=O)CCC(C)(C)C.CC(C)(C)CC(C)(I)C(=O)NCCOC(C)(C)CO. The van der Waals surface area contributed by atoms with Crippen molar-refractivity contribution in [1.29, 1.82) is 0 Å². The summed E-state index contributed by atoms with van der Waals surface area (Å²) in [6.45, 7) is 29.4. The first-order valence-corrected chi connectivity index (χ1v) is 16.4. The van der Waals surface area contributed by atoms with E-state index in [0.29, 0.717) is 32.5 Å². The first-order chi connectivity index (χ1) is 18.6. The van der Waals surface area contributed by atoms with Gasteiger partial charge in [-0.3, -0.25) is 14.4 Å². The summed E-state index contributed by atoms with van der Waals surface area (Å²) < 4.78 is 5.06. The van der Waals surface area contributed by atoms with Gasteiger partial charge < -0.3 is 26.2 Å². The van der Waals surface area contributed by atoms with Crippen LogP contribution in [0, 0.1) is 10.8 Å². The van der Waals surface area contributed by atoms with E-state index in [0.717, 1.165) is 25.7 Å². The number of unbranched alkanes of at least 4 members (excludes halogenated alkanes) is 1. The van der Waals surface area contributed by atoms with Crippen molar-refractivity contribution >= 4 is 40.2 Å². The maximum atomic E-state index is 12.1. The Morgan fingerprint density at radius 1 is 0.854 bits per heavy atom. The Morgan fingerprint density at radius 3 is 1.78 bits per heavy atom. The van der Waals surface area contributed by atoms with Crippen molar-refractivity contribution in [3.63, 3.8) is 0 Å². The second kappa shape index (κ2) is 24.6. The van der Waals surface area contributed by atoms with Gasteiger partial charge in [0.2, 0.25) is 11.8 Å². The largest absolute Gasteiger partial charge is 0.393 e. The monoisotopic (exact) mass is 701 g/mol. The normalized spacial score (nSPS) is 13.5. The Bertz CT molecular complexity index is 684. The van der Waals surface area contributed by atoms with Gasteiger partial charge in [-0.25, -0.2) is 0 Å². The van der Waals surface area contributed by atoms with Crippen LogP contribution in [0.2, 0.25) is 0 Å². The number of halogens is 1. The van der Waals surface area contributed by atoms with Crippen LogP contribution in [-0.2, 0) is 19.1 Å². The van der Waals surface area contributed by atoms with E-state index in [9.17, 15) is 14.4 Å². The lowest BCUT2D eigenvalue weighted by molar-refractivity contribution is -0.124.